The van der Waals surface area contributed by atoms with Crippen molar-refractivity contribution in [3.05, 3.63) is 6.92 Å². The molecule has 1 fully saturated rings. The molecule has 1 saturated carbocycles. The van der Waals surface area contributed by atoms with Crippen molar-refractivity contribution in [2.45, 2.75) is 38.5 Å². The molecular formula is C9H15LiO. The van der Waals surface area contributed by atoms with Crippen molar-refractivity contribution < 1.29 is 23.7 Å². The van der Waals surface area contributed by atoms with Gasteiger partial charge in [-0.25, -0.2) is 0 Å². The number of carbonyl (C=O) groups is 1. The van der Waals surface area contributed by atoms with E-state index in [9.17, 15) is 4.79 Å². The number of ketones is 1. The monoisotopic (exact) mass is 146 g/mol. The second-order valence-corrected chi connectivity index (χ2v) is 3.14. The van der Waals surface area contributed by atoms with Crippen molar-refractivity contribution >= 4 is 5.78 Å². The smallest absolute Gasteiger partial charge is 0.343 e. The SMILES string of the molecule is [CH2-]CCC1CCCC(=O)C1.[Li+]. The third-order valence-electron chi connectivity index (χ3n) is 2.20. The zero-order valence-corrected chi connectivity index (χ0v) is 7.44. The van der Waals surface area contributed by atoms with Crippen LogP contribution in [0, 0.1) is 12.8 Å². The van der Waals surface area contributed by atoms with E-state index < -0.39 is 0 Å². The second kappa shape index (κ2) is 5.86. The van der Waals surface area contributed by atoms with Crippen LogP contribution in [0.2, 0.25) is 0 Å². The molecule has 2 heteroatoms. The summed E-state index contributed by atoms with van der Waals surface area (Å²) >= 11 is 0. The first kappa shape index (κ1) is 11.3. The average Bonchev–Trinajstić information content (AvgIpc) is 1.88. The molecule has 1 unspecified atom stereocenters. The number of Topliss-reactive ketones (excluding diaryl/α,β-unsaturated/α-hetero) is 1. The third-order valence-corrected chi connectivity index (χ3v) is 2.20. The molecule has 0 bridgehead atoms. The van der Waals surface area contributed by atoms with E-state index in [2.05, 4.69) is 6.92 Å². The van der Waals surface area contributed by atoms with Gasteiger partial charge >= 0.3 is 18.9 Å². The Hall–Kier alpha value is 0.267. The van der Waals surface area contributed by atoms with Crippen molar-refractivity contribution in [3.8, 4) is 0 Å². The van der Waals surface area contributed by atoms with Gasteiger partial charge < -0.3 is 6.92 Å². The summed E-state index contributed by atoms with van der Waals surface area (Å²) in [5.74, 6) is 1.13. The molecule has 0 saturated heterocycles. The van der Waals surface area contributed by atoms with Gasteiger partial charge in [0.25, 0.3) is 0 Å². The maximum absolute atomic E-state index is 10.9. The number of hydrogen-bond donors (Lipinski definition) is 0. The molecule has 58 valence electrons. The molecule has 1 nitrogen and oxygen atoms in total. The minimum Gasteiger partial charge on any atom is -0.343 e. The molecule has 0 amide bonds. The zero-order chi connectivity index (χ0) is 7.40. The number of hydrogen-bond acceptors (Lipinski definition) is 1. The van der Waals surface area contributed by atoms with Crippen molar-refractivity contribution in [3.63, 3.8) is 0 Å². The molecule has 0 aliphatic heterocycles. The fraction of sp³-hybridized carbons (Fsp3) is 0.778. The van der Waals surface area contributed by atoms with Gasteiger partial charge in [-0.15, -0.1) is 0 Å². The number of carbonyl (C=O) groups excluding carboxylic acids is 1. The van der Waals surface area contributed by atoms with E-state index in [1.165, 1.54) is 6.42 Å². The van der Waals surface area contributed by atoms with E-state index in [1.54, 1.807) is 0 Å². The van der Waals surface area contributed by atoms with Crippen LogP contribution in [0.4, 0.5) is 0 Å². The van der Waals surface area contributed by atoms with E-state index >= 15 is 0 Å². The van der Waals surface area contributed by atoms with Gasteiger partial charge in [0.2, 0.25) is 0 Å². The normalized spacial score (nSPS) is 24.5. The van der Waals surface area contributed by atoms with E-state index in [0.29, 0.717) is 11.7 Å². The summed E-state index contributed by atoms with van der Waals surface area (Å²) in [5, 5.41) is 0. The minimum atomic E-state index is 0. The molecule has 1 rings (SSSR count). The Morgan fingerprint density at radius 2 is 2.27 bits per heavy atom. The Morgan fingerprint density at radius 1 is 1.55 bits per heavy atom. The van der Waals surface area contributed by atoms with E-state index in [1.807, 2.05) is 0 Å². The molecule has 0 aromatic carbocycles. The molecule has 0 heterocycles. The molecule has 0 aromatic rings. The van der Waals surface area contributed by atoms with Crippen LogP contribution in [0.3, 0.4) is 0 Å². The maximum Gasteiger partial charge on any atom is 1.00 e. The standard InChI is InChI=1S/C9H15O.Li/c1-2-4-8-5-3-6-9(10)7-8;/h8H,1-7H2;/q-1;+1. The van der Waals surface area contributed by atoms with Crippen LogP contribution in [0.1, 0.15) is 38.5 Å². The molecule has 0 N–H and O–H groups in total. The molecule has 0 aromatic heterocycles. The first-order valence-electron chi connectivity index (χ1n) is 4.14. The Labute approximate surface area is 81.1 Å². The Balaban J connectivity index is 0.000001000. The van der Waals surface area contributed by atoms with Crippen LogP contribution in [0.25, 0.3) is 0 Å². The second-order valence-electron chi connectivity index (χ2n) is 3.14. The summed E-state index contributed by atoms with van der Waals surface area (Å²) in [4.78, 5) is 10.9. The largest absolute Gasteiger partial charge is 1.00 e. The average molecular weight is 146 g/mol. The van der Waals surface area contributed by atoms with E-state index in [-0.39, 0.29) is 18.9 Å². The van der Waals surface area contributed by atoms with Gasteiger partial charge in [0.1, 0.15) is 5.78 Å². The first-order valence-corrected chi connectivity index (χ1v) is 4.14. The van der Waals surface area contributed by atoms with Gasteiger partial charge in [-0.05, 0) is 18.8 Å². The van der Waals surface area contributed by atoms with Gasteiger partial charge in [0.05, 0.1) is 0 Å². The molecular weight excluding hydrogens is 131 g/mol. The summed E-state index contributed by atoms with van der Waals surface area (Å²) < 4.78 is 0. The van der Waals surface area contributed by atoms with Crippen LogP contribution in [0.5, 0.6) is 0 Å². The molecule has 11 heavy (non-hydrogen) atoms. The quantitative estimate of drug-likeness (QED) is 0.374. The maximum atomic E-state index is 10.9. The van der Waals surface area contributed by atoms with Gasteiger partial charge in [-0.2, -0.15) is 6.42 Å². The predicted molar refractivity (Wildman–Crippen MR) is 41.6 cm³/mol. The molecule has 0 spiro atoms. The van der Waals surface area contributed by atoms with Crippen molar-refractivity contribution in [1.29, 1.82) is 0 Å². The van der Waals surface area contributed by atoms with Crippen molar-refractivity contribution in [2.24, 2.45) is 5.92 Å². The Kier molecular flexibility index (Phi) is 6.00. The summed E-state index contributed by atoms with van der Waals surface area (Å²) in [6, 6.07) is 0. The van der Waals surface area contributed by atoms with Crippen molar-refractivity contribution in [1.82, 2.24) is 0 Å². The van der Waals surface area contributed by atoms with Crippen LogP contribution in [0.15, 0.2) is 0 Å². The Bertz CT molecular complexity index is 121. The summed E-state index contributed by atoms with van der Waals surface area (Å²) in [6.07, 6.45) is 6.15. The molecule has 1 atom stereocenters. The molecule has 0 radical (unpaired) electrons. The predicted octanol–water partition coefficient (Wildman–Crippen LogP) is -0.636. The third kappa shape index (κ3) is 3.99. The summed E-state index contributed by atoms with van der Waals surface area (Å²) in [5.41, 5.74) is 0. The van der Waals surface area contributed by atoms with Crippen LogP contribution < -0.4 is 18.9 Å². The fourth-order valence-corrected chi connectivity index (χ4v) is 1.65. The Morgan fingerprint density at radius 3 is 2.82 bits per heavy atom. The topological polar surface area (TPSA) is 17.1 Å². The summed E-state index contributed by atoms with van der Waals surface area (Å²) in [6.45, 7) is 3.79. The van der Waals surface area contributed by atoms with Gasteiger partial charge in [-0.1, -0.05) is 6.42 Å². The van der Waals surface area contributed by atoms with Gasteiger partial charge in [-0.3, -0.25) is 4.79 Å². The summed E-state index contributed by atoms with van der Waals surface area (Å²) in [7, 11) is 0. The van der Waals surface area contributed by atoms with Gasteiger partial charge in [0.15, 0.2) is 0 Å². The van der Waals surface area contributed by atoms with Crippen LogP contribution in [-0.2, 0) is 4.79 Å². The zero-order valence-electron chi connectivity index (χ0n) is 7.44. The molecule has 1 aliphatic carbocycles. The van der Waals surface area contributed by atoms with Crippen LogP contribution in [-0.4, -0.2) is 5.78 Å². The first-order chi connectivity index (χ1) is 4.83. The minimum absolute atomic E-state index is 0. The number of rotatable bonds is 2. The molecule has 1 aliphatic rings. The fourth-order valence-electron chi connectivity index (χ4n) is 1.65. The van der Waals surface area contributed by atoms with E-state index in [0.717, 1.165) is 32.1 Å². The van der Waals surface area contributed by atoms with Crippen LogP contribution >= 0.6 is 0 Å². The van der Waals surface area contributed by atoms with Gasteiger partial charge in [0, 0.05) is 12.8 Å². The van der Waals surface area contributed by atoms with E-state index in [4.69, 9.17) is 0 Å². The van der Waals surface area contributed by atoms with Crippen molar-refractivity contribution in [2.75, 3.05) is 0 Å².